The van der Waals surface area contributed by atoms with Crippen molar-refractivity contribution < 1.29 is 32.7 Å². The van der Waals surface area contributed by atoms with Crippen LogP contribution in [0.4, 0.5) is 18.9 Å². The van der Waals surface area contributed by atoms with E-state index >= 15 is 0 Å². The van der Waals surface area contributed by atoms with E-state index in [1.54, 1.807) is 6.07 Å². The summed E-state index contributed by atoms with van der Waals surface area (Å²) in [4.78, 5) is 22.2. The lowest BCUT2D eigenvalue weighted by molar-refractivity contribution is -0.385. The van der Waals surface area contributed by atoms with Gasteiger partial charge in [-0.05, 0) is 24.3 Å². The lowest BCUT2D eigenvalue weighted by Gasteiger charge is -2.14. The number of ether oxygens (including phenoxy) is 1. The second-order valence-corrected chi connectivity index (χ2v) is 5.85. The number of carbonyl (C=O) groups is 1. The van der Waals surface area contributed by atoms with Crippen LogP contribution in [-0.2, 0) is 17.4 Å². The Morgan fingerprint density at radius 2 is 1.82 bits per heavy atom. The van der Waals surface area contributed by atoms with Crippen LogP contribution >= 0.6 is 0 Å². The molecule has 0 bridgehead atoms. The Bertz CT molecular complexity index is 825. The van der Waals surface area contributed by atoms with E-state index in [0.717, 1.165) is 24.3 Å². The molecule has 1 amide bonds. The van der Waals surface area contributed by atoms with E-state index in [1.165, 1.54) is 18.2 Å². The van der Waals surface area contributed by atoms with Gasteiger partial charge in [-0.15, -0.1) is 0 Å². The minimum absolute atomic E-state index is 0.137. The standard InChI is InChI=1S/C18H17F3N2O5/c19-18(20,21)13-5-7-15(8-6-13)28-11-14(24)10-22-17(25)9-12-3-1-2-4-16(12)23(26)27/h1-8,14,24H,9-11H2,(H,22,25). The van der Waals surface area contributed by atoms with Crippen LogP contribution in [0.5, 0.6) is 5.75 Å². The van der Waals surface area contributed by atoms with Crippen LogP contribution in [0.15, 0.2) is 48.5 Å². The third-order valence-corrected chi connectivity index (χ3v) is 3.70. The highest BCUT2D eigenvalue weighted by Crippen LogP contribution is 2.30. The van der Waals surface area contributed by atoms with Gasteiger partial charge >= 0.3 is 6.18 Å². The molecule has 0 aliphatic rings. The van der Waals surface area contributed by atoms with Crippen molar-refractivity contribution in [2.24, 2.45) is 0 Å². The Hall–Kier alpha value is -3.14. The number of hydrogen-bond donors (Lipinski definition) is 2. The highest BCUT2D eigenvalue weighted by Gasteiger charge is 2.30. The molecular weight excluding hydrogens is 381 g/mol. The molecule has 0 heterocycles. The van der Waals surface area contributed by atoms with Crippen molar-refractivity contribution in [1.29, 1.82) is 0 Å². The third-order valence-electron chi connectivity index (χ3n) is 3.70. The van der Waals surface area contributed by atoms with Crippen molar-refractivity contribution in [3.8, 4) is 5.75 Å². The fourth-order valence-electron chi connectivity index (χ4n) is 2.30. The van der Waals surface area contributed by atoms with Gasteiger partial charge < -0.3 is 15.2 Å². The molecule has 2 rings (SSSR count). The van der Waals surface area contributed by atoms with Gasteiger partial charge in [0.25, 0.3) is 5.69 Å². The first kappa shape index (κ1) is 21.2. The summed E-state index contributed by atoms with van der Waals surface area (Å²) in [6.45, 7) is -0.433. The number of nitrogens with zero attached hydrogens (tertiary/aromatic N) is 1. The van der Waals surface area contributed by atoms with Crippen molar-refractivity contribution in [2.75, 3.05) is 13.2 Å². The summed E-state index contributed by atoms with van der Waals surface area (Å²) in [6.07, 6.45) is -5.79. The molecule has 0 radical (unpaired) electrons. The highest BCUT2D eigenvalue weighted by atomic mass is 19.4. The van der Waals surface area contributed by atoms with E-state index in [0.29, 0.717) is 0 Å². The molecule has 2 aromatic carbocycles. The van der Waals surface area contributed by atoms with E-state index in [9.17, 15) is 33.2 Å². The predicted molar refractivity (Wildman–Crippen MR) is 92.8 cm³/mol. The zero-order chi connectivity index (χ0) is 20.7. The molecule has 0 aliphatic heterocycles. The van der Waals surface area contributed by atoms with E-state index in [1.807, 2.05) is 0 Å². The molecule has 0 aliphatic carbocycles. The second kappa shape index (κ2) is 9.18. The van der Waals surface area contributed by atoms with Gasteiger partial charge in [0, 0.05) is 18.2 Å². The number of benzene rings is 2. The lowest BCUT2D eigenvalue weighted by atomic mass is 10.1. The maximum atomic E-state index is 12.5. The number of para-hydroxylation sites is 1. The van der Waals surface area contributed by atoms with E-state index in [-0.39, 0.29) is 36.6 Å². The fraction of sp³-hybridized carbons (Fsp3) is 0.278. The van der Waals surface area contributed by atoms with Crippen molar-refractivity contribution in [1.82, 2.24) is 5.32 Å². The Morgan fingerprint density at radius 1 is 1.18 bits per heavy atom. The van der Waals surface area contributed by atoms with Crippen LogP contribution in [0.3, 0.4) is 0 Å². The summed E-state index contributed by atoms with van der Waals surface area (Å²) < 4.78 is 42.6. The first-order valence-corrected chi connectivity index (χ1v) is 8.14. The largest absolute Gasteiger partial charge is 0.491 e. The van der Waals surface area contributed by atoms with Crippen molar-refractivity contribution in [3.63, 3.8) is 0 Å². The predicted octanol–water partition coefficient (Wildman–Crippen LogP) is 2.71. The number of rotatable bonds is 8. The summed E-state index contributed by atoms with van der Waals surface area (Å²) in [5.41, 5.74) is -0.757. The summed E-state index contributed by atoms with van der Waals surface area (Å²) in [5, 5.41) is 23.2. The molecule has 28 heavy (non-hydrogen) atoms. The zero-order valence-corrected chi connectivity index (χ0v) is 14.5. The summed E-state index contributed by atoms with van der Waals surface area (Å²) in [7, 11) is 0. The number of hydrogen-bond acceptors (Lipinski definition) is 5. The first-order valence-electron chi connectivity index (χ1n) is 8.14. The number of aliphatic hydroxyl groups excluding tert-OH is 1. The number of aliphatic hydroxyl groups is 1. The molecule has 1 atom stereocenters. The Morgan fingerprint density at radius 3 is 2.43 bits per heavy atom. The minimum atomic E-state index is -4.45. The molecule has 2 aromatic rings. The highest BCUT2D eigenvalue weighted by molar-refractivity contribution is 5.79. The van der Waals surface area contributed by atoms with Crippen molar-refractivity contribution in [3.05, 3.63) is 69.8 Å². The summed E-state index contributed by atoms with van der Waals surface area (Å²) >= 11 is 0. The van der Waals surface area contributed by atoms with Gasteiger partial charge in [-0.1, -0.05) is 18.2 Å². The normalized spacial score (nSPS) is 12.3. The van der Waals surface area contributed by atoms with Gasteiger partial charge in [0.2, 0.25) is 5.91 Å². The van der Waals surface area contributed by atoms with Gasteiger partial charge in [0.05, 0.1) is 16.9 Å². The maximum absolute atomic E-state index is 12.5. The third kappa shape index (κ3) is 6.23. The summed E-state index contributed by atoms with van der Waals surface area (Å²) in [5.74, 6) is -0.388. The number of nitro groups is 1. The molecule has 1 unspecified atom stereocenters. The van der Waals surface area contributed by atoms with Crippen LogP contribution in [0, 0.1) is 10.1 Å². The number of alkyl halides is 3. The Kier molecular flexibility index (Phi) is 6.94. The summed E-state index contributed by atoms with van der Waals surface area (Å²) in [6, 6.07) is 9.78. The molecule has 7 nitrogen and oxygen atoms in total. The number of halogens is 3. The topological polar surface area (TPSA) is 102 Å². The quantitative estimate of drug-likeness (QED) is 0.526. The second-order valence-electron chi connectivity index (χ2n) is 5.85. The van der Waals surface area contributed by atoms with E-state index < -0.39 is 28.7 Å². The molecule has 0 saturated heterocycles. The number of nitro benzene ring substituents is 1. The smallest absolute Gasteiger partial charge is 0.416 e. The number of carbonyl (C=O) groups excluding carboxylic acids is 1. The number of amides is 1. The van der Waals surface area contributed by atoms with Gasteiger partial charge in [-0.2, -0.15) is 13.2 Å². The number of nitrogens with one attached hydrogen (secondary N) is 1. The van der Waals surface area contributed by atoms with Gasteiger partial charge in [0.1, 0.15) is 18.5 Å². The first-order chi connectivity index (χ1) is 13.2. The lowest BCUT2D eigenvalue weighted by Crippen LogP contribution is -2.36. The minimum Gasteiger partial charge on any atom is -0.491 e. The molecule has 0 saturated carbocycles. The molecule has 150 valence electrons. The van der Waals surface area contributed by atoms with E-state index in [2.05, 4.69) is 5.32 Å². The van der Waals surface area contributed by atoms with Gasteiger partial charge in [-0.25, -0.2) is 0 Å². The molecular formula is C18H17F3N2O5. The van der Waals surface area contributed by atoms with Crippen LogP contribution in [0.1, 0.15) is 11.1 Å². The van der Waals surface area contributed by atoms with Crippen LogP contribution < -0.4 is 10.1 Å². The molecule has 0 aromatic heterocycles. The molecule has 2 N–H and O–H groups in total. The average molecular weight is 398 g/mol. The van der Waals surface area contributed by atoms with Crippen molar-refractivity contribution in [2.45, 2.75) is 18.7 Å². The van der Waals surface area contributed by atoms with Gasteiger partial charge in [0.15, 0.2) is 0 Å². The Balaban J connectivity index is 1.79. The average Bonchev–Trinajstić information content (AvgIpc) is 2.64. The molecule has 10 heteroatoms. The molecule has 0 fully saturated rings. The van der Waals surface area contributed by atoms with Crippen molar-refractivity contribution >= 4 is 11.6 Å². The fourth-order valence-corrected chi connectivity index (χ4v) is 2.30. The van der Waals surface area contributed by atoms with Crippen LogP contribution in [-0.4, -0.2) is 35.2 Å². The SMILES string of the molecule is O=C(Cc1ccccc1[N+](=O)[O-])NCC(O)COc1ccc(C(F)(F)F)cc1. The zero-order valence-electron chi connectivity index (χ0n) is 14.5. The molecule has 0 spiro atoms. The van der Waals surface area contributed by atoms with Crippen LogP contribution in [0.2, 0.25) is 0 Å². The monoisotopic (exact) mass is 398 g/mol. The van der Waals surface area contributed by atoms with E-state index in [4.69, 9.17) is 4.74 Å². The Labute approximate surface area is 157 Å². The van der Waals surface area contributed by atoms with Crippen LogP contribution in [0.25, 0.3) is 0 Å². The van der Waals surface area contributed by atoms with Gasteiger partial charge in [-0.3, -0.25) is 14.9 Å². The maximum Gasteiger partial charge on any atom is 0.416 e.